The van der Waals surface area contributed by atoms with Gasteiger partial charge in [-0.05, 0) is 24.3 Å². The fourth-order valence-corrected chi connectivity index (χ4v) is 3.25. The van der Waals surface area contributed by atoms with Gasteiger partial charge in [-0.2, -0.15) is 0 Å². The molecule has 0 aliphatic rings. The quantitative estimate of drug-likeness (QED) is 0.815. The van der Waals surface area contributed by atoms with Crippen LogP contribution < -0.4 is 10.3 Å². The Hall–Kier alpha value is -1.49. The number of hydrogen-bond acceptors (Lipinski definition) is 1. The lowest BCUT2D eigenvalue weighted by molar-refractivity contribution is 0.656. The summed E-state index contributed by atoms with van der Waals surface area (Å²) >= 11 is 0. The molecule has 0 aliphatic carbocycles. The molecule has 0 unspecified atom stereocenters. The third kappa shape index (κ3) is 1.78. The molecular formula is C12H14N2OS. The third-order valence-corrected chi connectivity index (χ3v) is 4.95. The molecule has 4 heteroatoms. The van der Waals surface area contributed by atoms with Crippen molar-refractivity contribution in [2.24, 2.45) is 10.3 Å². The lowest BCUT2D eigenvalue weighted by atomic mass is 10.4. The van der Waals surface area contributed by atoms with E-state index in [2.05, 4.69) is 0 Å². The lowest BCUT2D eigenvalue weighted by Crippen LogP contribution is -2.51. The Labute approximate surface area is 94.7 Å². The molecule has 0 radical (unpaired) electrons. The van der Waals surface area contributed by atoms with Gasteiger partial charge in [-0.1, -0.05) is 36.4 Å². The summed E-state index contributed by atoms with van der Waals surface area (Å²) in [5, 5.41) is 11.9. The number of nitrogens with two attached hydrogens (primary N) is 2. The second-order valence-corrected chi connectivity index (χ2v) is 6.77. The summed E-state index contributed by atoms with van der Waals surface area (Å²) in [5.74, 6) is 0. The zero-order valence-corrected chi connectivity index (χ0v) is 9.56. The smallest absolute Gasteiger partial charge is 0.0466 e. The average Bonchev–Trinajstić information content (AvgIpc) is 2.31. The van der Waals surface area contributed by atoms with Crippen LogP contribution in [-0.2, 0) is 9.44 Å². The van der Waals surface area contributed by atoms with Gasteiger partial charge in [0.2, 0.25) is 0 Å². The van der Waals surface area contributed by atoms with Crippen molar-refractivity contribution in [2.75, 3.05) is 0 Å². The lowest BCUT2D eigenvalue weighted by Gasteiger charge is -2.34. The van der Waals surface area contributed by atoms with Gasteiger partial charge in [-0.15, -0.1) is 0 Å². The second kappa shape index (κ2) is 3.52. The van der Waals surface area contributed by atoms with Crippen LogP contribution in [0.2, 0.25) is 0 Å². The van der Waals surface area contributed by atoms with Crippen molar-refractivity contribution < 1.29 is 4.21 Å². The van der Waals surface area contributed by atoms with Gasteiger partial charge in [0.15, 0.2) is 0 Å². The average molecular weight is 234 g/mol. The van der Waals surface area contributed by atoms with Gasteiger partial charge >= 0.3 is 0 Å². The topological polar surface area (TPSA) is 69.1 Å². The maximum absolute atomic E-state index is 12.7. The van der Waals surface area contributed by atoms with Crippen molar-refractivity contribution in [1.82, 2.24) is 0 Å². The first kappa shape index (κ1) is 11.0. The Bertz CT molecular complexity index is 500. The molecule has 0 atom stereocenters. The van der Waals surface area contributed by atoms with Gasteiger partial charge in [-0.25, -0.2) is 4.21 Å². The minimum Gasteiger partial charge on any atom is -0.254 e. The number of rotatable bonds is 2. The first-order valence-corrected chi connectivity index (χ1v) is 6.96. The zero-order chi connectivity index (χ0) is 11.7. The largest absolute Gasteiger partial charge is 0.254 e. The van der Waals surface area contributed by atoms with E-state index in [-0.39, 0.29) is 0 Å². The first-order chi connectivity index (χ1) is 7.49. The Morgan fingerprint density at radius 3 is 1.31 bits per heavy atom. The molecule has 16 heavy (non-hydrogen) atoms. The summed E-state index contributed by atoms with van der Waals surface area (Å²) in [7, 11) is -3.91. The van der Waals surface area contributed by atoms with Gasteiger partial charge in [0.1, 0.15) is 0 Å². The zero-order valence-electron chi connectivity index (χ0n) is 8.74. The molecule has 2 aromatic rings. The minimum atomic E-state index is -3.91. The van der Waals surface area contributed by atoms with Crippen LogP contribution in [0.1, 0.15) is 0 Å². The van der Waals surface area contributed by atoms with E-state index < -0.39 is 9.44 Å². The Morgan fingerprint density at radius 1 is 0.688 bits per heavy atom. The molecule has 0 heterocycles. The number of benzene rings is 2. The van der Waals surface area contributed by atoms with E-state index in [0.717, 1.165) is 0 Å². The van der Waals surface area contributed by atoms with Gasteiger partial charge in [-0.3, -0.25) is 10.3 Å². The highest BCUT2D eigenvalue weighted by Gasteiger charge is 2.30. The highest BCUT2D eigenvalue weighted by atomic mass is 32.3. The highest BCUT2D eigenvalue weighted by molar-refractivity contribution is 8.16. The van der Waals surface area contributed by atoms with Crippen LogP contribution in [0, 0.1) is 0 Å². The monoisotopic (exact) mass is 234 g/mol. The van der Waals surface area contributed by atoms with Crippen LogP contribution >= 0.6 is 0 Å². The number of hydrogen-bond donors (Lipinski definition) is 2. The van der Waals surface area contributed by atoms with Crippen LogP contribution in [0.5, 0.6) is 0 Å². The third-order valence-electron chi connectivity index (χ3n) is 2.46. The molecule has 0 aromatic heterocycles. The van der Waals surface area contributed by atoms with E-state index in [0.29, 0.717) is 9.79 Å². The Kier molecular flexibility index (Phi) is 2.42. The first-order valence-electron chi connectivity index (χ1n) is 4.87. The fourth-order valence-electron chi connectivity index (χ4n) is 1.54. The fraction of sp³-hybridized carbons (Fsp3) is 0. The molecular weight excluding hydrogens is 220 g/mol. The van der Waals surface area contributed by atoms with Gasteiger partial charge in [0.05, 0.1) is 0 Å². The summed E-state index contributed by atoms with van der Waals surface area (Å²) in [6.45, 7) is 0. The van der Waals surface area contributed by atoms with E-state index in [1.54, 1.807) is 48.5 Å². The van der Waals surface area contributed by atoms with Crippen LogP contribution in [-0.4, -0.2) is 4.21 Å². The van der Waals surface area contributed by atoms with Crippen molar-refractivity contribution in [3.63, 3.8) is 0 Å². The van der Waals surface area contributed by atoms with E-state index in [1.165, 1.54) is 0 Å². The normalized spacial score (nSPS) is 14.0. The molecule has 2 rings (SSSR count). The molecule has 0 fully saturated rings. The predicted octanol–water partition coefficient (Wildman–Crippen LogP) is 1.67. The second-order valence-electron chi connectivity index (χ2n) is 3.69. The van der Waals surface area contributed by atoms with Gasteiger partial charge in [0.25, 0.3) is 0 Å². The molecule has 4 N–H and O–H groups in total. The Morgan fingerprint density at radius 2 is 1.00 bits per heavy atom. The Balaban J connectivity index is 2.65. The predicted molar refractivity (Wildman–Crippen MR) is 65.9 cm³/mol. The maximum atomic E-state index is 12.7. The molecule has 84 valence electrons. The molecule has 2 aromatic carbocycles. The summed E-state index contributed by atoms with van der Waals surface area (Å²) in [6.07, 6.45) is 0. The molecule has 0 saturated heterocycles. The van der Waals surface area contributed by atoms with E-state index in [9.17, 15) is 4.21 Å². The summed E-state index contributed by atoms with van der Waals surface area (Å²) < 4.78 is 12.7. The highest BCUT2D eigenvalue weighted by Crippen LogP contribution is 2.31. The molecule has 0 saturated carbocycles. The molecule has 0 spiro atoms. The van der Waals surface area contributed by atoms with Crippen molar-refractivity contribution in [3.05, 3.63) is 60.7 Å². The van der Waals surface area contributed by atoms with Crippen molar-refractivity contribution in [3.8, 4) is 0 Å². The maximum Gasteiger partial charge on any atom is 0.0466 e. The van der Waals surface area contributed by atoms with Gasteiger partial charge in [0, 0.05) is 19.2 Å². The van der Waals surface area contributed by atoms with E-state index in [1.807, 2.05) is 12.1 Å². The van der Waals surface area contributed by atoms with Crippen molar-refractivity contribution >= 4 is 9.44 Å². The standard InChI is InChI=1S/C12H14N2OS/c13-16(14,15,11-7-3-1-4-8-11)12-9-5-2-6-10-12/h1-10H,(H4,13,14,15). The summed E-state index contributed by atoms with van der Waals surface area (Å²) in [5.41, 5.74) is 0. The van der Waals surface area contributed by atoms with Gasteiger partial charge < -0.3 is 0 Å². The van der Waals surface area contributed by atoms with Crippen LogP contribution in [0.15, 0.2) is 70.5 Å². The van der Waals surface area contributed by atoms with Crippen LogP contribution in [0.25, 0.3) is 0 Å². The molecule has 0 aliphatic heterocycles. The van der Waals surface area contributed by atoms with E-state index in [4.69, 9.17) is 10.3 Å². The van der Waals surface area contributed by atoms with Crippen LogP contribution in [0.4, 0.5) is 0 Å². The summed E-state index contributed by atoms with van der Waals surface area (Å²) in [4.78, 5) is 0.899. The van der Waals surface area contributed by atoms with Crippen molar-refractivity contribution in [1.29, 1.82) is 0 Å². The summed E-state index contributed by atoms with van der Waals surface area (Å²) in [6, 6.07) is 17.5. The van der Waals surface area contributed by atoms with Crippen molar-refractivity contribution in [2.45, 2.75) is 9.79 Å². The van der Waals surface area contributed by atoms with Crippen LogP contribution in [0.3, 0.4) is 0 Å². The molecule has 0 amide bonds. The minimum absolute atomic E-state index is 0.450. The molecule has 0 bridgehead atoms. The molecule has 3 nitrogen and oxygen atoms in total. The van der Waals surface area contributed by atoms with E-state index >= 15 is 0 Å². The SMILES string of the molecule is NS(N)(=O)(c1ccccc1)c1ccccc1.